The molecule has 3 amide bonds. The Morgan fingerprint density at radius 2 is 1.93 bits per heavy atom. The Labute approximate surface area is 167 Å². The van der Waals surface area contributed by atoms with Gasteiger partial charge in [-0.15, -0.1) is 0 Å². The van der Waals surface area contributed by atoms with Gasteiger partial charge in [0, 0.05) is 23.7 Å². The molecule has 2 aromatic carbocycles. The smallest absolute Gasteiger partial charge is 0.243 e. The number of carbonyl (C=O) groups excluding carboxylic acids is 3. The fourth-order valence-corrected chi connectivity index (χ4v) is 3.17. The molecule has 1 heterocycles. The first kappa shape index (κ1) is 19.7. The van der Waals surface area contributed by atoms with E-state index in [1.54, 1.807) is 55.6 Å². The maximum atomic E-state index is 12.3. The average molecular weight is 402 g/mol. The van der Waals surface area contributed by atoms with Crippen LogP contribution < -0.4 is 20.5 Å². The van der Waals surface area contributed by atoms with Crippen LogP contribution in [0.4, 0.5) is 5.69 Å². The summed E-state index contributed by atoms with van der Waals surface area (Å²) < 4.78 is 5.07. The third-order valence-electron chi connectivity index (χ3n) is 4.46. The zero-order valence-corrected chi connectivity index (χ0v) is 16.0. The molecule has 0 aliphatic carbocycles. The third-order valence-corrected chi connectivity index (χ3v) is 4.70. The van der Waals surface area contributed by atoms with Gasteiger partial charge < -0.3 is 9.64 Å². The number of hydrogen-bond donors (Lipinski definition) is 2. The van der Waals surface area contributed by atoms with E-state index in [0.29, 0.717) is 16.5 Å². The zero-order valence-electron chi connectivity index (χ0n) is 15.3. The van der Waals surface area contributed by atoms with Crippen molar-refractivity contribution in [2.75, 3.05) is 18.6 Å². The van der Waals surface area contributed by atoms with Gasteiger partial charge in [0.2, 0.25) is 17.7 Å². The molecule has 1 unspecified atom stereocenters. The summed E-state index contributed by atoms with van der Waals surface area (Å²) in [5.74, 6) is -0.761. The molecule has 8 heteroatoms. The van der Waals surface area contributed by atoms with Gasteiger partial charge in [0.1, 0.15) is 5.75 Å². The van der Waals surface area contributed by atoms with E-state index < -0.39 is 11.8 Å². The van der Waals surface area contributed by atoms with Gasteiger partial charge in [-0.25, -0.2) is 0 Å². The van der Waals surface area contributed by atoms with Gasteiger partial charge in [0.05, 0.1) is 19.4 Å². The van der Waals surface area contributed by atoms with Gasteiger partial charge >= 0.3 is 0 Å². The van der Waals surface area contributed by atoms with Crippen LogP contribution in [0.2, 0.25) is 5.02 Å². The molecule has 1 atom stereocenters. The van der Waals surface area contributed by atoms with Crippen LogP contribution in [0.3, 0.4) is 0 Å². The molecule has 1 fully saturated rings. The van der Waals surface area contributed by atoms with Gasteiger partial charge in [0.25, 0.3) is 0 Å². The number of ether oxygens (including phenoxy) is 1. The predicted molar refractivity (Wildman–Crippen MR) is 105 cm³/mol. The Bertz CT molecular complexity index is 885. The van der Waals surface area contributed by atoms with Crippen molar-refractivity contribution >= 4 is 35.0 Å². The second kappa shape index (κ2) is 8.75. The van der Waals surface area contributed by atoms with Gasteiger partial charge in [-0.2, -0.15) is 0 Å². The minimum absolute atomic E-state index is 0.0761. The molecule has 3 rings (SSSR count). The van der Waals surface area contributed by atoms with Crippen molar-refractivity contribution in [2.45, 2.75) is 12.8 Å². The van der Waals surface area contributed by atoms with Gasteiger partial charge in [-0.1, -0.05) is 29.8 Å². The lowest BCUT2D eigenvalue weighted by molar-refractivity contribution is -0.131. The Hall–Kier alpha value is -3.06. The standard InChI is InChI=1S/C20H20ClN3O4/c1-28-17-7-5-13(6-8-17)9-18(25)22-23-20(27)14-10-19(26)24(12-14)16-4-2-3-15(21)11-16/h2-8,11,14H,9-10,12H2,1H3,(H,22,25)(H,23,27). The van der Waals surface area contributed by atoms with Gasteiger partial charge in [-0.3, -0.25) is 25.2 Å². The van der Waals surface area contributed by atoms with Crippen LogP contribution in [-0.2, 0) is 20.8 Å². The first-order valence-corrected chi connectivity index (χ1v) is 9.11. The largest absolute Gasteiger partial charge is 0.497 e. The monoisotopic (exact) mass is 401 g/mol. The lowest BCUT2D eigenvalue weighted by Crippen LogP contribution is -2.45. The molecule has 0 radical (unpaired) electrons. The van der Waals surface area contributed by atoms with Gasteiger partial charge in [-0.05, 0) is 35.9 Å². The topological polar surface area (TPSA) is 87.7 Å². The minimum atomic E-state index is -0.548. The Morgan fingerprint density at radius 1 is 1.18 bits per heavy atom. The maximum Gasteiger partial charge on any atom is 0.243 e. The van der Waals surface area contributed by atoms with Crippen LogP contribution in [-0.4, -0.2) is 31.4 Å². The van der Waals surface area contributed by atoms with Crippen LogP contribution >= 0.6 is 11.6 Å². The van der Waals surface area contributed by atoms with E-state index in [9.17, 15) is 14.4 Å². The lowest BCUT2D eigenvalue weighted by Gasteiger charge is -2.17. The maximum absolute atomic E-state index is 12.3. The van der Waals surface area contributed by atoms with Crippen LogP contribution in [0.25, 0.3) is 0 Å². The molecular weight excluding hydrogens is 382 g/mol. The van der Waals surface area contributed by atoms with Crippen molar-refractivity contribution in [3.05, 3.63) is 59.1 Å². The molecule has 1 saturated heterocycles. The first-order valence-electron chi connectivity index (χ1n) is 8.74. The number of methoxy groups -OCH3 is 1. The first-order chi connectivity index (χ1) is 13.5. The Morgan fingerprint density at radius 3 is 2.61 bits per heavy atom. The summed E-state index contributed by atoms with van der Waals surface area (Å²) in [6, 6.07) is 14.0. The Balaban J connectivity index is 1.50. The average Bonchev–Trinajstić information content (AvgIpc) is 3.08. The normalized spacial score (nSPS) is 16.0. The van der Waals surface area contributed by atoms with E-state index in [4.69, 9.17) is 16.3 Å². The lowest BCUT2D eigenvalue weighted by atomic mass is 10.1. The summed E-state index contributed by atoms with van der Waals surface area (Å²) in [5.41, 5.74) is 6.23. The highest BCUT2D eigenvalue weighted by molar-refractivity contribution is 6.31. The molecule has 0 saturated carbocycles. The fraction of sp³-hybridized carbons (Fsp3) is 0.250. The second-order valence-electron chi connectivity index (χ2n) is 6.45. The van der Waals surface area contributed by atoms with Crippen LogP contribution in [0, 0.1) is 5.92 Å². The molecule has 0 aromatic heterocycles. The number of anilines is 1. The van der Waals surface area contributed by atoms with E-state index in [2.05, 4.69) is 10.9 Å². The number of nitrogens with zero attached hydrogens (tertiary/aromatic N) is 1. The molecule has 146 valence electrons. The van der Waals surface area contributed by atoms with E-state index in [1.807, 2.05) is 0 Å². The number of nitrogens with one attached hydrogen (secondary N) is 2. The van der Waals surface area contributed by atoms with Crippen LogP contribution in [0.1, 0.15) is 12.0 Å². The van der Waals surface area contributed by atoms with E-state index in [0.717, 1.165) is 5.56 Å². The molecule has 0 bridgehead atoms. The molecular formula is C20H20ClN3O4. The molecule has 2 N–H and O–H groups in total. The SMILES string of the molecule is COc1ccc(CC(=O)NNC(=O)C2CC(=O)N(c3cccc(Cl)c3)C2)cc1. The number of halogens is 1. The van der Waals surface area contributed by atoms with Crippen molar-refractivity contribution in [1.29, 1.82) is 0 Å². The number of carbonyl (C=O) groups is 3. The summed E-state index contributed by atoms with van der Waals surface area (Å²) in [7, 11) is 1.57. The number of amides is 3. The van der Waals surface area contributed by atoms with E-state index >= 15 is 0 Å². The molecule has 1 aliphatic heterocycles. The van der Waals surface area contributed by atoms with Crippen molar-refractivity contribution in [3.63, 3.8) is 0 Å². The molecule has 2 aromatic rings. The van der Waals surface area contributed by atoms with Crippen LogP contribution in [0.15, 0.2) is 48.5 Å². The number of hydrogen-bond acceptors (Lipinski definition) is 4. The Kier molecular flexibility index (Phi) is 6.16. The predicted octanol–water partition coefficient (Wildman–Crippen LogP) is 2.09. The third kappa shape index (κ3) is 4.80. The molecule has 28 heavy (non-hydrogen) atoms. The summed E-state index contributed by atoms with van der Waals surface area (Å²) in [5, 5.41) is 0.518. The van der Waals surface area contributed by atoms with Crippen molar-refractivity contribution < 1.29 is 19.1 Å². The van der Waals surface area contributed by atoms with Crippen LogP contribution in [0.5, 0.6) is 5.75 Å². The molecule has 0 spiro atoms. The molecule has 7 nitrogen and oxygen atoms in total. The van der Waals surface area contributed by atoms with Crippen molar-refractivity contribution in [1.82, 2.24) is 10.9 Å². The zero-order chi connectivity index (χ0) is 20.1. The highest BCUT2D eigenvalue weighted by atomic mass is 35.5. The highest BCUT2D eigenvalue weighted by Gasteiger charge is 2.35. The fourth-order valence-electron chi connectivity index (χ4n) is 2.98. The second-order valence-corrected chi connectivity index (χ2v) is 6.88. The molecule has 1 aliphatic rings. The number of rotatable bonds is 5. The van der Waals surface area contributed by atoms with Crippen molar-refractivity contribution in [2.24, 2.45) is 5.92 Å². The highest BCUT2D eigenvalue weighted by Crippen LogP contribution is 2.27. The van der Waals surface area contributed by atoms with E-state index in [-0.39, 0.29) is 31.2 Å². The van der Waals surface area contributed by atoms with Gasteiger partial charge in [0.15, 0.2) is 0 Å². The van der Waals surface area contributed by atoms with E-state index in [1.165, 1.54) is 4.90 Å². The quantitative estimate of drug-likeness (QED) is 0.751. The summed E-state index contributed by atoms with van der Waals surface area (Å²) in [6.45, 7) is 0.235. The number of hydrazine groups is 1. The minimum Gasteiger partial charge on any atom is -0.497 e. The summed E-state index contributed by atoms with van der Waals surface area (Å²) in [6.07, 6.45) is 0.190. The summed E-state index contributed by atoms with van der Waals surface area (Å²) in [4.78, 5) is 38.1. The summed E-state index contributed by atoms with van der Waals surface area (Å²) >= 11 is 5.97. The van der Waals surface area contributed by atoms with Crippen molar-refractivity contribution in [3.8, 4) is 5.75 Å². The number of benzene rings is 2.